The van der Waals surface area contributed by atoms with Crippen molar-refractivity contribution in [3.8, 4) is 10.7 Å². The van der Waals surface area contributed by atoms with Gasteiger partial charge < -0.3 is 9.64 Å². The molecule has 14 heteroatoms. The van der Waals surface area contributed by atoms with Crippen molar-refractivity contribution in [2.75, 3.05) is 37.4 Å². The maximum absolute atomic E-state index is 13.1. The summed E-state index contributed by atoms with van der Waals surface area (Å²) in [6.45, 7) is 1.38. The van der Waals surface area contributed by atoms with E-state index in [0.717, 1.165) is 30.1 Å². The number of nitrogens with one attached hydrogen (secondary N) is 1. The summed E-state index contributed by atoms with van der Waals surface area (Å²) in [5.74, 6) is 0.407. The number of nitrogens with zero attached hydrogens (tertiary/aromatic N) is 5. The Hall–Kier alpha value is -2.29. The minimum atomic E-state index is -4.47. The first-order valence-corrected chi connectivity index (χ1v) is 11.5. The van der Waals surface area contributed by atoms with Gasteiger partial charge in [-0.2, -0.15) is 22.5 Å². The van der Waals surface area contributed by atoms with Crippen LogP contribution in [0.4, 0.5) is 19.1 Å². The van der Waals surface area contributed by atoms with E-state index in [9.17, 15) is 21.6 Å². The minimum absolute atomic E-state index is 0.125. The third-order valence-corrected chi connectivity index (χ3v) is 5.88. The van der Waals surface area contributed by atoms with Gasteiger partial charge in [-0.25, -0.2) is 18.1 Å². The number of hydrogen-bond donors (Lipinski definition) is 1. The van der Waals surface area contributed by atoms with Crippen LogP contribution in [0.25, 0.3) is 16.3 Å². The van der Waals surface area contributed by atoms with Crippen molar-refractivity contribution in [3.63, 3.8) is 0 Å². The maximum atomic E-state index is 13.1. The predicted molar refractivity (Wildman–Crippen MR) is 104 cm³/mol. The van der Waals surface area contributed by atoms with E-state index < -0.39 is 21.8 Å². The summed E-state index contributed by atoms with van der Waals surface area (Å²) in [5.41, 5.74) is -0.00942. The first kappa shape index (κ1) is 21.0. The van der Waals surface area contributed by atoms with Crippen LogP contribution < -0.4 is 9.62 Å². The fourth-order valence-electron chi connectivity index (χ4n) is 3.02. The predicted octanol–water partition coefficient (Wildman–Crippen LogP) is 1.63. The summed E-state index contributed by atoms with van der Waals surface area (Å²) in [7, 11) is -3.33. The molecule has 3 aromatic heterocycles. The number of anilines is 1. The number of halogens is 3. The zero-order chi connectivity index (χ0) is 21.5. The van der Waals surface area contributed by atoms with Gasteiger partial charge in [-0.1, -0.05) is 0 Å². The number of morpholine rings is 1. The molecule has 0 amide bonds. The van der Waals surface area contributed by atoms with Crippen molar-refractivity contribution < 1.29 is 26.3 Å². The monoisotopic (exact) mass is 462 g/mol. The molecule has 3 aromatic rings. The number of ether oxygens (including phenoxy) is 1. The number of imidazole rings is 1. The van der Waals surface area contributed by atoms with Crippen molar-refractivity contribution in [2.45, 2.75) is 12.3 Å². The second-order valence-corrected chi connectivity index (χ2v) is 9.33. The minimum Gasteiger partial charge on any atom is -0.373 e. The number of rotatable bonds is 5. The van der Waals surface area contributed by atoms with Crippen LogP contribution in [0.5, 0.6) is 0 Å². The van der Waals surface area contributed by atoms with Crippen LogP contribution in [0, 0.1) is 0 Å². The Balaban J connectivity index is 1.55. The normalized spacial score (nSPS) is 18.3. The van der Waals surface area contributed by atoms with E-state index in [0.29, 0.717) is 42.0 Å². The van der Waals surface area contributed by atoms with Gasteiger partial charge in [0.2, 0.25) is 16.0 Å². The van der Waals surface area contributed by atoms with Gasteiger partial charge in [-0.15, -0.1) is 0 Å². The lowest BCUT2D eigenvalue weighted by atomic mass is 10.3. The zero-order valence-electron chi connectivity index (χ0n) is 15.6. The lowest BCUT2D eigenvalue weighted by Gasteiger charge is -2.32. The Kier molecular flexibility index (Phi) is 5.42. The maximum Gasteiger partial charge on any atom is 0.417 e. The van der Waals surface area contributed by atoms with Crippen LogP contribution >= 0.6 is 11.5 Å². The van der Waals surface area contributed by atoms with E-state index in [1.165, 1.54) is 16.7 Å². The zero-order valence-corrected chi connectivity index (χ0v) is 17.3. The van der Waals surface area contributed by atoms with E-state index in [1.54, 1.807) is 0 Å². The molecule has 162 valence electrons. The molecule has 0 aromatic carbocycles. The highest BCUT2D eigenvalue weighted by atomic mass is 32.2. The van der Waals surface area contributed by atoms with E-state index in [2.05, 4.69) is 19.1 Å². The van der Waals surface area contributed by atoms with Gasteiger partial charge in [0.15, 0.2) is 5.01 Å². The van der Waals surface area contributed by atoms with Gasteiger partial charge in [0.1, 0.15) is 11.3 Å². The molecule has 1 aliphatic rings. The molecule has 1 saturated heterocycles. The van der Waals surface area contributed by atoms with Crippen molar-refractivity contribution in [1.29, 1.82) is 0 Å². The molecule has 0 spiro atoms. The fourth-order valence-corrected chi connectivity index (χ4v) is 4.20. The number of sulfonamides is 1. The molecule has 0 saturated carbocycles. The highest BCUT2D eigenvalue weighted by molar-refractivity contribution is 7.88. The van der Waals surface area contributed by atoms with E-state index in [4.69, 9.17) is 4.74 Å². The molecule has 0 unspecified atom stereocenters. The number of hydrogen-bond acceptors (Lipinski definition) is 8. The fraction of sp³-hybridized carbons (Fsp3) is 0.438. The van der Waals surface area contributed by atoms with Crippen LogP contribution in [-0.2, 0) is 20.9 Å². The lowest BCUT2D eigenvalue weighted by Crippen LogP contribution is -2.47. The number of pyridine rings is 1. The van der Waals surface area contributed by atoms with Gasteiger partial charge in [0.25, 0.3) is 0 Å². The average molecular weight is 462 g/mol. The van der Waals surface area contributed by atoms with Gasteiger partial charge in [0.05, 0.1) is 30.7 Å². The van der Waals surface area contributed by atoms with Crippen LogP contribution in [0.15, 0.2) is 24.5 Å². The molecule has 4 heterocycles. The van der Waals surface area contributed by atoms with Crippen LogP contribution in [0.1, 0.15) is 5.56 Å². The molecule has 1 aliphatic heterocycles. The molecule has 0 bridgehead atoms. The molecule has 4 rings (SSSR count). The van der Waals surface area contributed by atoms with Crippen LogP contribution in [0.2, 0.25) is 0 Å². The van der Waals surface area contributed by atoms with Crippen LogP contribution in [0.3, 0.4) is 0 Å². The molecule has 0 aliphatic carbocycles. The summed E-state index contributed by atoms with van der Waals surface area (Å²) >= 11 is 1.05. The Morgan fingerprint density at radius 1 is 1.37 bits per heavy atom. The largest absolute Gasteiger partial charge is 0.417 e. The Morgan fingerprint density at radius 3 is 2.90 bits per heavy atom. The first-order chi connectivity index (χ1) is 14.1. The second-order valence-electron chi connectivity index (χ2n) is 6.75. The first-order valence-electron chi connectivity index (χ1n) is 8.80. The van der Waals surface area contributed by atoms with E-state index >= 15 is 0 Å². The number of fused-ring (bicyclic) bond motifs is 1. The van der Waals surface area contributed by atoms with E-state index in [-0.39, 0.29) is 12.6 Å². The highest BCUT2D eigenvalue weighted by Crippen LogP contribution is 2.31. The molecular weight excluding hydrogens is 445 g/mol. The SMILES string of the molecule is CS(=O)(=O)NC[C@@H]1CN(c2nsc(-c3cnc4ccc(C(F)(F)F)cn34)n2)CCO1. The number of aromatic nitrogens is 4. The van der Waals surface area contributed by atoms with Gasteiger partial charge >= 0.3 is 6.18 Å². The molecule has 0 radical (unpaired) electrons. The topological polar surface area (TPSA) is 102 Å². The van der Waals surface area contributed by atoms with E-state index in [1.807, 2.05) is 4.90 Å². The molecule has 9 nitrogen and oxygen atoms in total. The summed E-state index contributed by atoms with van der Waals surface area (Å²) in [4.78, 5) is 10.4. The Bertz CT molecular complexity index is 1160. The highest BCUT2D eigenvalue weighted by Gasteiger charge is 2.31. The quantitative estimate of drug-likeness (QED) is 0.615. The standard InChI is InChI=1S/C16H17F3N6O3S2/c1-30(26,27)21-6-11-9-24(4-5-28-11)15-22-14(29-23-15)12-7-20-13-3-2-10(8-25(12)13)16(17,18)19/h2-3,7-8,11,21H,4-6,9H2,1H3/t11-/m1/s1. The third-order valence-electron chi connectivity index (χ3n) is 4.46. The van der Waals surface area contributed by atoms with Crippen molar-refractivity contribution >= 4 is 33.2 Å². The third kappa shape index (κ3) is 4.55. The average Bonchev–Trinajstić information content (AvgIpc) is 3.31. The Labute approximate surface area is 173 Å². The Morgan fingerprint density at radius 2 is 2.17 bits per heavy atom. The van der Waals surface area contributed by atoms with Gasteiger partial charge in [-0.05, 0) is 23.7 Å². The summed E-state index contributed by atoms with van der Waals surface area (Å²) in [6, 6.07) is 2.28. The smallest absolute Gasteiger partial charge is 0.373 e. The molecule has 1 atom stereocenters. The van der Waals surface area contributed by atoms with Crippen molar-refractivity contribution in [1.82, 2.24) is 23.5 Å². The summed E-state index contributed by atoms with van der Waals surface area (Å²) < 4.78 is 75.3. The number of alkyl halides is 3. The van der Waals surface area contributed by atoms with Crippen LogP contribution in [-0.4, -0.2) is 65.8 Å². The van der Waals surface area contributed by atoms with Crippen molar-refractivity contribution in [2.24, 2.45) is 0 Å². The van der Waals surface area contributed by atoms with Gasteiger partial charge in [0, 0.05) is 25.8 Å². The summed E-state index contributed by atoms with van der Waals surface area (Å²) in [5, 5.41) is 0.425. The molecule has 1 fully saturated rings. The second kappa shape index (κ2) is 7.76. The molecule has 1 N–H and O–H groups in total. The molecular formula is C16H17F3N6O3S2. The van der Waals surface area contributed by atoms with Crippen molar-refractivity contribution in [3.05, 3.63) is 30.1 Å². The summed E-state index contributed by atoms with van der Waals surface area (Å²) in [6.07, 6.45) is -1.32. The van der Waals surface area contributed by atoms with Gasteiger partial charge in [-0.3, -0.25) is 4.40 Å². The lowest BCUT2D eigenvalue weighted by molar-refractivity contribution is -0.137. The molecule has 30 heavy (non-hydrogen) atoms.